The molecule has 0 spiro atoms. The van der Waals surface area contributed by atoms with Crippen LogP contribution in [-0.4, -0.2) is 37.9 Å². The summed E-state index contributed by atoms with van der Waals surface area (Å²) in [7, 11) is 0. The Hall–Kier alpha value is -2.14. The van der Waals surface area contributed by atoms with Crippen molar-refractivity contribution < 1.29 is 23.8 Å². The summed E-state index contributed by atoms with van der Waals surface area (Å²) in [5.41, 5.74) is 0. The summed E-state index contributed by atoms with van der Waals surface area (Å²) in [4.78, 5) is 25.4. The normalized spacial score (nSPS) is 12.5. The average molecular weight is 841 g/mol. The maximum Gasteiger partial charge on any atom is 0.306 e. The van der Waals surface area contributed by atoms with Gasteiger partial charge in [0.05, 0.1) is 6.61 Å². The van der Waals surface area contributed by atoms with Gasteiger partial charge in [-0.05, 0) is 77.0 Å². The van der Waals surface area contributed by atoms with Crippen LogP contribution < -0.4 is 0 Å². The number of hydrogen-bond acceptors (Lipinski definition) is 5. The van der Waals surface area contributed by atoms with Crippen LogP contribution in [0.25, 0.3) is 0 Å². The van der Waals surface area contributed by atoms with Crippen molar-refractivity contribution in [2.24, 2.45) is 0 Å². The predicted molar refractivity (Wildman–Crippen MR) is 261 cm³/mol. The number of carbonyl (C=O) groups is 2. The van der Waals surface area contributed by atoms with Gasteiger partial charge in [-0.25, -0.2) is 0 Å². The van der Waals surface area contributed by atoms with E-state index in [0.717, 1.165) is 77.0 Å². The summed E-state index contributed by atoms with van der Waals surface area (Å²) >= 11 is 0. The molecule has 0 fully saturated rings. The number of allylic oxidation sites excluding steroid dienone is 8. The zero-order chi connectivity index (χ0) is 43.5. The molecule has 0 aromatic carbocycles. The van der Waals surface area contributed by atoms with E-state index in [0.29, 0.717) is 19.4 Å². The van der Waals surface area contributed by atoms with E-state index in [-0.39, 0.29) is 25.2 Å². The fourth-order valence-corrected chi connectivity index (χ4v) is 7.46. The van der Waals surface area contributed by atoms with Crippen molar-refractivity contribution in [1.29, 1.82) is 0 Å². The summed E-state index contributed by atoms with van der Waals surface area (Å²) in [6, 6.07) is 0. The molecule has 0 radical (unpaired) electrons. The van der Waals surface area contributed by atoms with E-state index in [4.69, 9.17) is 14.2 Å². The third-order valence-corrected chi connectivity index (χ3v) is 11.3. The van der Waals surface area contributed by atoms with Crippen molar-refractivity contribution in [3.63, 3.8) is 0 Å². The number of carbonyl (C=O) groups excluding carboxylic acids is 2. The van der Waals surface area contributed by atoms with E-state index in [1.807, 2.05) is 0 Å². The van der Waals surface area contributed by atoms with Crippen LogP contribution in [0, 0.1) is 0 Å². The summed E-state index contributed by atoms with van der Waals surface area (Å²) in [6.07, 6.45) is 62.6. The first-order valence-electron chi connectivity index (χ1n) is 26.2. The number of unbranched alkanes of at least 4 members (excludes halogenated alkanes) is 29. The van der Waals surface area contributed by atoms with E-state index in [1.165, 1.54) is 154 Å². The molecule has 0 aliphatic heterocycles. The fourth-order valence-electron chi connectivity index (χ4n) is 7.46. The third kappa shape index (κ3) is 48.5. The summed E-state index contributed by atoms with van der Waals surface area (Å²) in [5.74, 6) is -0.408. The van der Waals surface area contributed by atoms with Crippen molar-refractivity contribution in [1.82, 2.24) is 0 Å². The van der Waals surface area contributed by atoms with Crippen molar-refractivity contribution in [3.05, 3.63) is 48.6 Å². The maximum atomic E-state index is 12.8. The van der Waals surface area contributed by atoms with Gasteiger partial charge in [-0.2, -0.15) is 0 Å². The zero-order valence-corrected chi connectivity index (χ0v) is 40.2. The lowest BCUT2D eigenvalue weighted by Crippen LogP contribution is -2.30. The van der Waals surface area contributed by atoms with Crippen LogP contribution in [0.4, 0.5) is 0 Å². The van der Waals surface area contributed by atoms with Crippen molar-refractivity contribution in [3.8, 4) is 0 Å². The Balaban J connectivity index is 4.25. The highest BCUT2D eigenvalue weighted by Gasteiger charge is 2.17. The second-order valence-corrected chi connectivity index (χ2v) is 17.4. The minimum Gasteiger partial charge on any atom is -0.462 e. The molecule has 0 aliphatic rings. The Morgan fingerprint density at radius 2 is 0.750 bits per heavy atom. The largest absolute Gasteiger partial charge is 0.462 e. The molecule has 0 aromatic rings. The molecule has 0 amide bonds. The molecule has 0 aromatic heterocycles. The van der Waals surface area contributed by atoms with Crippen LogP contribution in [0.15, 0.2) is 48.6 Å². The van der Waals surface area contributed by atoms with Crippen molar-refractivity contribution >= 4 is 11.9 Å². The lowest BCUT2D eigenvalue weighted by molar-refractivity contribution is -0.163. The minimum atomic E-state index is -0.541. The van der Waals surface area contributed by atoms with Gasteiger partial charge in [-0.15, -0.1) is 0 Å². The molecule has 1 atom stereocenters. The average Bonchev–Trinajstić information content (AvgIpc) is 3.25. The highest BCUT2D eigenvalue weighted by atomic mass is 16.6. The monoisotopic (exact) mass is 841 g/mol. The van der Waals surface area contributed by atoms with Crippen LogP contribution in [0.2, 0.25) is 0 Å². The van der Waals surface area contributed by atoms with Gasteiger partial charge in [-0.1, -0.05) is 223 Å². The molecule has 0 bridgehead atoms. The number of esters is 2. The summed E-state index contributed by atoms with van der Waals surface area (Å²) in [5, 5.41) is 0. The highest BCUT2D eigenvalue weighted by Crippen LogP contribution is 2.15. The first-order chi connectivity index (χ1) is 29.6. The number of rotatable bonds is 48. The van der Waals surface area contributed by atoms with E-state index >= 15 is 0 Å². The Morgan fingerprint density at radius 3 is 1.23 bits per heavy atom. The molecular weight excluding hydrogens is 741 g/mol. The van der Waals surface area contributed by atoms with Gasteiger partial charge in [0.25, 0.3) is 0 Å². The third-order valence-electron chi connectivity index (χ3n) is 11.3. The molecule has 60 heavy (non-hydrogen) atoms. The van der Waals surface area contributed by atoms with Gasteiger partial charge >= 0.3 is 11.9 Å². The van der Waals surface area contributed by atoms with Crippen molar-refractivity contribution in [2.75, 3.05) is 19.8 Å². The maximum absolute atomic E-state index is 12.8. The van der Waals surface area contributed by atoms with Crippen LogP contribution in [0.1, 0.15) is 265 Å². The smallest absolute Gasteiger partial charge is 0.306 e. The van der Waals surface area contributed by atoms with Gasteiger partial charge in [0.2, 0.25) is 0 Å². The van der Waals surface area contributed by atoms with Gasteiger partial charge in [0.15, 0.2) is 6.10 Å². The summed E-state index contributed by atoms with van der Waals surface area (Å²) < 4.78 is 17.4. The SMILES string of the molecule is CC/C=C\C/C=C\C/C=C\CCCCCCCCCC(=O)OCC(COCCCCCCCCCCCCCCCC)OC(=O)CCCCCCC/C=C\CCCCCC. The highest BCUT2D eigenvalue weighted by molar-refractivity contribution is 5.70. The molecule has 0 rings (SSSR count). The van der Waals surface area contributed by atoms with Crippen LogP contribution in [0.3, 0.4) is 0 Å². The molecule has 0 saturated heterocycles. The number of hydrogen-bond donors (Lipinski definition) is 0. The Bertz CT molecular complexity index is 997. The standard InChI is InChI=1S/C55H100O5/c1-4-7-10-13-16-19-22-25-27-28-29-31-33-36-39-42-45-48-54(56)59-52-53(51-58-50-47-44-41-38-35-32-26-23-20-17-14-11-8-5-2)60-55(57)49-46-43-40-37-34-30-24-21-18-15-12-9-6-3/h7,10,16,19,21,24-25,27,53H,4-6,8-9,11-15,17-18,20,22-23,26,28-52H2,1-3H3/b10-7-,19-16-,24-21-,27-25-. The minimum absolute atomic E-state index is 0.0798. The lowest BCUT2D eigenvalue weighted by Gasteiger charge is -2.18. The fraction of sp³-hybridized carbons (Fsp3) is 0.818. The molecule has 5 nitrogen and oxygen atoms in total. The summed E-state index contributed by atoms with van der Waals surface area (Å²) in [6.45, 7) is 7.72. The van der Waals surface area contributed by atoms with Crippen molar-refractivity contribution in [2.45, 2.75) is 271 Å². The molecule has 0 N–H and O–H groups in total. The van der Waals surface area contributed by atoms with Crippen LogP contribution >= 0.6 is 0 Å². The molecule has 350 valence electrons. The first-order valence-corrected chi connectivity index (χ1v) is 26.2. The van der Waals surface area contributed by atoms with Crippen LogP contribution in [-0.2, 0) is 23.8 Å². The molecule has 0 aliphatic carbocycles. The zero-order valence-electron chi connectivity index (χ0n) is 40.2. The molecule has 1 unspecified atom stereocenters. The van der Waals surface area contributed by atoms with E-state index in [2.05, 4.69) is 69.4 Å². The quantitative estimate of drug-likeness (QED) is 0.0347. The Morgan fingerprint density at radius 1 is 0.383 bits per heavy atom. The van der Waals surface area contributed by atoms with Gasteiger partial charge in [-0.3, -0.25) is 9.59 Å². The van der Waals surface area contributed by atoms with Crippen LogP contribution in [0.5, 0.6) is 0 Å². The topological polar surface area (TPSA) is 61.8 Å². The number of ether oxygens (including phenoxy) is 3. The van der Waals surface area contributed by atoms with Gasteiger partial charge in [0, 0.05) is 19.4 Å². The van der Waals surface area contributed by atoms with Gasteiger partial charge < -0.3 is 14.2 Å². The lowest BCUT2D eigenvalue weighted by atomic mass is 10.0. The van der Waals surface area contributed by atoms with E-state index in [1.54, 1.807) is 0 Å². The second kappa shape index (κ2) is 51.2. The van der Waals surface area contributed by atoms with E-state index < -0.39 is 6.10 Å². The van der Waals surface area contributed by atoms with Gasteiger partial charge in [0.1, 0.15) is 6.61 Å². The predicted octanol–water partition coefficient (Wildman–Crippen LogP) is 17.6. The van der Waals surface area contributed by atoms with E-state index in [9.17, 15) is 9.59 Å². The first kappa shape index (κ1) is 57.9. The molecule has 5 heteroatoms. The molecular formula is C55H100O5. The molecule has 0 saturated carbocycles. The second-order valence-electron chi connectivity index (χ2n) is 17.4. The molecule has 0 heterocycles. The Labute approximate surface area is 373 Å². The Kier molecular flexibility index (Phi) is 49.4.